The minimum atomic E-state index is 0.770. The van der Waals surface area contributed by atoms with Gasteiger partial charge in [-0.2, -0.15) is 0 Å². The molecule has 0 saturated carbocycles. The lowest BCUT2D eigenvalue weighted by Gasteiger charge is -2.17. The minimum absolute atomic E-state index is 0.770. The van der Waals surface area contributed by atoms with Crippen LogP contribution in [0.25, 0.3) is 0 Å². The van der Waals surface area contributed by atoms with Gasteiger partial charge in [-0.3, -0.25) is 0 Å². The average molecular weight is 216 g/mol. The number of hydrogen-bond donors (Lipinski definition) is 0. The Hall–Kier alpha value is -1.02. The van der Waals surface area contributed by atoms with Crippen molar-refractivity contribution in [3.8, 4) is 0 Å². The number of fused-ring (bicyclic) bond motifs is 1. The molecule has 2 heterocycles. The monoisotopic (exact) mass is 216 g/mol. The molecule has 1 unspecified atom stereocenters. The fourth-order valence-corrected chi connectivity index (χ4v) is 3.19. The van der Waals surface area contributed by atoms with Crippen LogP contribution in [0.4, 0.5) is 5.69 Å². The van der Waals surface area contributed by atoms with Gasteiger partial charge in [0.25, 0.3) is 0 Å². The molecule has 0 amide bonds. The van der Waals surface area contributed by atoms with Crippen molar-refractivity contribution in [1.29, 1.82) is 0 Å². The minimum Gasteiger partial charge on any atom is -0.374 e. The van der Waals surface area contributed by atoms with E-state index in [0.717, 1.165) is 5.92 Å². The van der Waals surface area contributed by atoms with Crippen molar-refractivity contribution in [2.45, 2.75) is 18.8 Å². The molecule has 1 saturated heterocycles. The van der Waals surface area contributed by atoms with E-state index in [2.05, 4.69) is 42.1 Å². The summed E-state index contributed by atoms with van der Waals surface area (Å²) in [5, 5.41) is 0. The molecule has 2 aliphatic rings. The number of rotatable bonds is 1. The average Bonchev–Trinajstić information content (AvgIpc) is 2.86. The first-order valence-corrected chi connectivity index (χ1v) is 6.27. The Bertz CT molecular complexity index is 400. The molecule has 2 aliphatic heterocycles. The third kappa shape index (κ3) is 1.52. The molecular formula is C14H20N2. The molecule has 0 spiro atoms. The van der Waals surface area contributed by atoms with Gasteiger partial charge in [-0.1, -0.05) is 12.1 Å². The van der Waals surface area contributed by atoms with Crippen molar-refractivity contribution < 1.29 is 0 Å². The van der Waals surface area contributed by atoms with Crippen molar-refractivity contribution in [3.05, 3.63) is 29.3 Å². The van der Waals surface area contributed by atoms with Gasteiger partial charge >= 0.3 is 0 Å². The van der Waals surface area contributed by atoms with E-state index in [-0.39, 0.29) is 0 Å². The summed E-state index contributed by atoms with van der Waals surface area (Å²) in [5.74, 6) is 0.770. The zero-order valence-corrected chi connectivity index (χ0v) is 10.2. The quantitative estimate of drug-likeness (QED) is 0.709. The Kier molecular flexibility index (Phi) is 2.40. The van der Waals surface area contributed by atoms with Crippen LogP contribution in [0.1, 0.15) is 23.5 Å². The van der Waals surface area contributed by atoms with Crippen LogP contribution in [0.2, 0.25) is 0 Å². The molecule has 2 heteroatoms. The Morgan fingerprint density at radius 2 is 2.06 bits per heavy atom. The van der Waals surface area contributed by atoms with Crippen LogP contribution in [-0.4, -0.2) is 38.6 Å². The Morgan fingerprint density at radius 1 is 1.19 bits per heavy atom. The predicted octanol–water partition coefficient (Wildman–Crippen LogP) is 2.10. The van der Waals surface area contributed by atoms with Gasteiger partial charge in [0, 0.05) is 25.8 Å². The summed E-state index contributed by atoms with van der Waals surface area (Å²) in [4.78, 5) is 4.83. The highest BCUT2D eigenvalue weighted by molar-refractivity contribution is 5.61. The predicted molar refractivity (Wildman–Crippen MR) is 68.3 cm³/mol. The molecule has 0 bridgehead atoms. The number of anilines is 1. The zero-order chi connectivity index (χ0) is 11.1. The molecule has 1 aromatic rings. The number of hydrogen-bond acceptors (Lipinski definition) is 2. The van der Waals surface area contributed by atoms with E-state index in [1.54, 1.807) is 11.1 Å². The largest absolute Gasteiger partial charge is 0.374 e. The number of likely N-dealkylation sites (N-methyl/N-ethyl adjacent to an activating group) is 2. The number of nitrogens with zero attached hydrogens (tertiary/aromatic N) is 2. The van der Waals surface area contributed by atoms with Crippen molar-refractivity contribution >= 4 is 5.69 Å². The van der Waals surface area contributed by atoms with E-state index < -0.39 is 0 Å². The number of benzene rings is 1. The SMILES string of the molecule is CN1CCC(c2cccc3c2CCN3C)C1. The van der Waals surface area contributed by atoms with Gasteiger partial charge in [0.15, 0.2) is 0 Å². The smallest absolute Gasteiger partial charge is 0.0399 e. The molecule has 2 nitrogen and oxygen atoms in total. The molecule has 1 aromatic carbocycles. The zero-order valence-electron chi connectivity index (χ0n) is 10.2. The fraction of sp³-hybridized carbons (Fsp3) is 0.571. The second-order valence-corrected chi connectivity index (χ2v) is 5.26. The van der Waals surface area contributed by atoms with E-state index >= 15 is 0 Å². The highest BCUT2D eigenvalue weighted by Crippen LogP contribution is 2.36. The highest BCUT2D eigenvalue weighted by atomic mass is 15.1. The van der Waals surface area contributed by atoms with Gasteiger partial charge in [-0.05, 0) is 49.5 Å². The van der Waals surface area contributed by atoms with E-state index in [1.807, 2.05) is 0 Å². The van der Waals surface area contributed by atoms with Gasteiger partial charge in [0.1, 0.15) is 0 Å². The lowest BCUT2D eigenvalue weighted by atomic mass is 9.92. The molecule has 0 N–H and O–H groups in total. The molecule has 3 rings (SSSR count). The summed E-state index contributed by atoms with van der Waals surface area (Å²) >= 11 is 0. The Balaban J connectivity index is 1.96. The van der Waals surface area contributed by atoms with E-state index in [1.165, 1.54) is 38.2 Å². The summed E-state index contributed by atoms with van der Waals surface area (Å²) in [5.41, 5.74) is 4.70. The van der Waals surface area contributed by atoms with E-state index in [0.29, 0.717) is 0 Å². The topological polar surface area (TPSA) is 6.48 Å². The maximum absolute atomic E-state index is 2.45. The summed E-state index contributed by atoms with van der Waals surface area (Å²) in [6.45, 7) is 3.68. The Labute approximate surface area is 97.9 Å². The van der Waals surface area contributed by atoms with Crippen LogP contribution >= 0.6 is 0 Å². The van der Waals surface area contributed by atoms with Crippen LogP contribution in [0, 0.1) is 0 Å². The molecular weight excluding hydrogens is 196 g/mol. The summed E-state index contributed by atoms with van der Waals surface area (Å²) in [6.07, 6.45) is 2.57. The normalized spacial score (nSPS) is 25.1. The third-order valence-electron chi connectivity index (χ3n) is 4.13. The first-order valence-electron chi connectivity index (χ1n) is 6.27. The van der Waals surface area contributed by atoms with Crippen molar-refractivity contribution in [2.75, 3.05) is 38.6 Å². The van der Waals surface area contributed by atoms with Crippen LogP contribution in [0.5, 0.6) is 0 Å². The van der Waals surface area contributed by atoms with Gasteiger partial charge in [-0.15, -0.1) is 0 Å². The number of likely N-dealkylation sites (tertiary alicyclic amines) is 1. The summed E-state index contributed by atoms with van der Waals surface area (Å²) in [7, 11) is 4.44. The molecule has 0 aliphatic carbocycles. The van der Waals surface area contributed by atoms with Gasteiger partial charge in [0.2, 0.25) is 0 Å². The van der Waals surface area contributed by atoms with E-state index in [9.17, 15) is 0 Å². The highest BCUT2D eigenvalue weighted by Gasteiger charge is 2.26. The second-order valence-electron chi connectivity index (χ2n) is 5.26. The maximum Gasteiger partial charge on any atom is 0.0399 e. The lowest BCUT2D eigenvalue weighted by molar-refractivity contribution is 0.411. The van der Waals surface area contributed by atoms with Crippen LogP contribution in [0.3, 0.4) is 0 Å². The lowest BCUT2D eigenvalue weighted by Crippen LogP contribution is -2.14. The molecule has 86 valence electrons. The summed E-state index contributed by atoms with van der Waals surface area (Å²) < 4.78 is 0. The van der Waals surface area contributed by atoms with Gasteiger partial charge < -0.3 is 9.80 Å². The first-order chi connectivity index (χ1) is 7.75. The molecule has 0 aromatic heterocycles. The third-order valence-corrected chi connectivity index (χ3v) is 4.13. The molecule has 0 radical (unpaired) electrons. The van der Waals surface area contributed by atoms with Crippen molar-refractivity contribution in [3.63, 3.8) is 0 Å². The first kappa shape index (κ1) is 10.2. The van der Waals surface area contributed by atoms with Crippen LogP contribution in [-0.2, 0) is 6.42 Å². The van der Waals surface area contributed by atoms with E-state index in [4.69, 9.17) is 0 Å². The van der Waals surface area contributed by atoms with Gasteiger partial charge in [0.05, 0.1) is 0 Å². The van der Waals surface area contributed by atoms with Crippen molar-refractivity contribution in [2.24, 2.45) is 0 Å². The van der Waals surface area contributed by atoms with Crippen LogP contribution in [0.15, 0.2) is 18.2 Å². The molecule has 1 fully saturated rings. The molecule has 16 heavy (non-hydrogen) atoms. The molecule has 1 atom stereocenters. The van der Waals surface area contributed by atoms with Crippen LogP contribution < -0.4 is 4.90 Å². The Morgan fingerprint density at radius 3 is 2.81 bits per heavy atom. The fourth-order valence-electron chi connectivity index (χ4n) is 3.19. The summed E-state index contributed by atoms with van der Waals surface area (Å²) in [6, 6.07) is 6.85. The van der Waals surface area contributed by atoms with Crippen molar-refractivity contribution in [1.82, 2.24) is 4.90 Å². The maximum atomic E-state index is 2.45. The standard InChI is InChI=1S/C14H20N2/c1-15-8-6-11(10-15)12-4-3-5-14-13(12)7-9-16(14)2/h3-5,11H,6-10H2,1-2H3. The van der Waals surface area contributed by atoms with Gasteiger partial charge in [-0.25, -0.2) is 0 Å². The second kappa shape index (κ2) is 3.77.